The molecule has 0 atom stereocenters. The van der Waals surface area contributed by atoms with Gasteiger partial charge in [0.25, 0.3) is 0 Å². The van der Waals surface area contributed by atoms with Gasteiger partial charge in [0.15, 0.2) is 0 Å². The van der Waals surface area contributed by atoms with E-state index >= 15 is 0 Å². The van der Waals surface area contributed by atoms with Gasteiger partial charge in [-0.3, -0.25) is 4.98 Å². The van der Waals surface area contributed by atoms with Crippen molar-refractivity contribution in [1.29, 1.82) is 0 Å². The van der Waals surface area contributed by atoms with Gasteiger partial charge in [-0.1, -0.05) is 42.5 Å². The Morgan fingerprint density at radius 1 is 0.690 bits per heavy atom. The number of hydrogen-bond acceptors (Lipinski definition) is 3. The molecule has 29 heavy (non-hydrogen) atoms. The van der Waals surface area contributed by atoms with Crippen molar-refractivity contribution < 1.29 is 0 Å². The average Bonchev–Trinajstić information content (AvgIpc) is 3.44. The van der Waals surface area contributed by atoms with Crippen LogP contribution >= 0.6 is 22.7 Å². The number of benzene rings is 3. The summed E-state index contributed by atoms with van der Waals surface area (Å²) in [4.78, 5) is 4.83. The van der Waals surface area contributed by atoms with Gasteiger partial charge in [-0.25, -0.2) is 0 Å². The molecule has 2 nitrogen and oxygen atoms in total. The van der Waals surface area contributed by atoms with Crippen LogP contribution in [-0.4, -0.2) is 9.55 Å². The van der Waals surface area contributed by atoms with Crippen molar-refractivity contribution in [2.75, 3.05) is 0 Å². The summed E-state index contributed by atoms with van der Waals surface area (Å²) in [5, 5.41) is 7.46. The van der Waals surface area contributed by atoms with Crippen LogP contribution in [0.3, 0.4) is 0 Å². The van der Waals surface area contributed by atoms with Crippen molar-refractivity contribution in [1.82, 2.24) is 9.55 Å². The lowest BCUT2D eigenvalue weighted by atomic mass is 10.1. The molecular weight excluding hydrogens is 392 g/mol. The third kappa shape index (κ3) is 2.02. The van der Waals surface area contributed by atoms with Crippen LogP contribution in [0.2, 0.25) is 0 Å². The van der Waals surface area contributed by atoms with Crippen LogP contribution in [0.25, 0.3) is 57.9 Å². The van der Waals surface area contributed by atoms with E-state index in [1.807, 2.05) is 23.6 Å². The Hall–Kier alpha value is -3.21. The second kappa shape index (κ2) is 5.66. The zero-order chi connectivity index (χ0) is 18.9. The highest BCUT2D eigenvalue weighted by Crippen LogP contribution is 2.43. The molecule has 7 rings (SSSR count). The molecule has 0 spiro atoms. The van der Waals surface area contributed by atoms with Crippen LogP contribution in [0.1, 0.15) is 0 Å². The fourth-order valence-corrected chi connectivity index (χ4v) is 6.66. The second-order valence-electron chi connectivity index (χ2n) is 7.26. The topological polar surface area (TPSA) is 17.8 Å². The fraction of sp³-hybridized carbons (Fsp3) is 0. The van der Waals surface area contributed by atoms with Crippen LogP contribution in [-0.2, 0) is 0 Å². The molecule has 4 aromatic heterocycles. The zero-order valence-electron chi connectivity index (χ0n) is 15.3. The lowest BCUT2D eigenvalue weighted by Crippen LogP contribution is -1.92. The van der Waals surface area contributed by atoms with E-state index in [2.05, 4.69) is 76.7 Å². The largest absolute Gasteiger partial charge is 0.306 e. The number of hydrogen-bond donors (Lipinski definition) is 0. The number of aromatic nitrogens is 2. The number of rotatable bonds is 1. The molecule has 0 unspecified atom stereocenters. The van der Waals surface area contributed by atoms with Gasteiger partial charge in [-0.15, -0.1) is 22.7 Å². The zero-order valence-corrected chi connectivity index (χ0v) is 16.9. The first kappa shape index (κ1) is 15.7. The van der Waals surface area contributed by atoms with Crippen LogP contribution in [0.5, 0.6) is 0 Å². The SMILES string of the molecule is c1ccc2c(-n3c4cccnc4c4c5sc6ccccc6c5ccc43)csc2c1. The van der Waals surface area contributed by atoms with E-state index in [-0.39, 0.29) is 0 Å². The van der Waals surface area contributed by atoms with E-state index in [9.17, 15) is 0 Å². The lowest BCUT2D eigenvalue weighted by molar-refractivity contribution is 1.20. The smallest absolute Gasteiger partial charge is 0.0977 e. The van der Waals surface area contributed by atoms with Gasteiger partial charge in [0.2, 0.25) is 0 Å². The normalized spacial score (nSPS) is 12.1. The van der Waals surface area contributed by atoms with E-state index in [1.54, 1.807) is 11.3 Å². The molecule has 0 fully saturated rings. The first-order chi connectivity index (χ1) is 14.4. The lowest BCUT2D eigenvalue weighted by Gasteiger charge is -2.06. The van der Waals surface area contributed by atoms with Gasteiger partial charge in [0, 0.05) is 47.2 Å². The van der Waals surface area contributed by atoms with Crippen molar-refractivity contribution in [2.45, 2.75) is 0 Å². The van der Waals surface area contributed by atoms with Crippen LogP contribution in [0.4, 0.5) is 0 Å². The molecule has 0 aliphatic carbocycles. The highest BCUT2D eigenvalue weighted by molar-refractivity contribution is 7.26. The van der Waals surface area contributed by atoms with Gasteiger partial charge in [-0.05, 0) is 30.3 Å². The Kier molecular flexibility index (Phi) is 3.06. The maximum Gasteiger partial charge on any atom is 0.0977 e. The highest BCUT2D eigenvalue weighted by Gasteiger charge is 2.19. The maximum absolute atomic E-state index is 4.83. The van der Waals surface area contributed by atoms with E-state index < -0.39 is 0 Å². The summed E-state index contributed by atoms with van der Waals surface area (Å²) < 4.78 is 6.35. The van der Waals surface area contributed by atoms with Crippen molar-refractivity contribution >= 4 is 74.9 Å². The van der Waals surface area contributed by atoms with Crippen molar-refractivity contribution in [2.24, 2.45) is 0 Å². The van der Waals surface area contributed by atoms with Crippen LogP contribution in [0.15, 0.2) is 84.4 Å². The minimum atomic E-state index is 1.08. The molecular formula is C25H14N2S2. The molecule has 0 saturated heterocycles. The average molecular weight is 407 g/mol. The molecule has 7 aromatic rings. The van der Waals surface area contributed by atoms with Gasteiger partial charge in [-0.2, -0.15) is 0 Å². The van der Waals surface area contributed by atoms with Crippen molar-refractivity contribution in [3.8, 4) is 5.69 Å². The maximum atomic E-state index is 4.83. The molecule has 0 aliphatic rings. The Morgan fingerprint density at radius 3 is 2.45 bits per heavy atom. The van der Waals surface area contributed by atoms with Crippen molar-refractivity contribution in [3.05, 3.63) is 84.4 Å². The standard InChI is InChI=1S/C25H14N2S2/c1-4-10-22-15(6-1)16-11-12-18-23(25(16)29-22)24-19(8-5-13-26-24)27(18)20-14-28-21-9-3-2-7-17(20)21/h1-14H. The van der Waals surface area contributed by atoms with Gasteiger partial charge in [0.1, 0.15) is 0 Å². The molecule has 136 valence electrons. The third-order valence-corrected chi connectivity index (χ3v) is 7.89. The molecule has 4 heterocycles. The Balaban J connectivity index is 1.73. The van der Waals surface area contributed by atoms with Gasteiger partial charge >= 0.3 is 0 Å². The molecule has 3 aromatic carbocycles. The summed E-state index contributed by atoms with van der Waals surface area (Å²) in [7, 11) is 0. The summed E-state index contributed by atoms with van der Waals surface area (Å²) >= 11 is 3.67. The monoisotopic (exact) mass is 406 g/mol. The van der Waals surface area contributed by atoms with Crippen molar-refractivity contribution in [3.63, 3.8) is 0 Å². The van der Waals surface area contributed by atoms with Gasteiger partial charge < -0.3 is 4.57 Å². The summed E-state index contributed by atoms with van der Waals surface area (Å²) in [6.07, 6.45) is 1.91. The number of nitrogens with zero attached hydrogens (tertiary/aromatic N) is 2. The minimum Gasteiger partial charge on any atom is -0.306 e. The first-order valence-corrected chi connectivity index (χ1v) is 11.3. The molecule has 4 heteroatoms. The minimum absolute atomic E-state index is 1.08. The predicted molar refractivity (Wildman–Crippen MR) is 127 cm³/mol. The van der Waals surface area contributed by atoms with E-state index in [0.717, 1.165) is 11.0 Å². The third-order valence-electron chi connectivity index (χ3n) is 5.73. The summed E-state index contributed by atoms with van der Waals surface area (Å²) in [5.41, 5.74) is 4.70. The fourth-order valence-electron chi connectivity index (χ4n) is 4.49. The van der Waals surface area contributed by atoms with E-state index in [4.69, 9.17) is 4.98 Å². The first-order valence-electron chi connectivity index (χ1n) is 9.56. The van der Waals surface area contributed by atoms with Gasteiger partial charge in [0.05, 0.1) is 22.2 Å². The molecule has 0 amide bonds. The number of thiophene rings is 2. The molecule has 0 saturated carbocycles. The Labute approximate surface area is 174 Å². The number of fused-ring (bicyclic) bond motifs is 8. The predicted octanol–water partition coefficient (Wildman–Crippen LogP) is 7.76. The highest BCUT2D eigenvalue weighted by atomic mass is 32.1. The van der Waals surface area contributed by atoms with E-state index in [0.29, 0.717) is 0 Å². The van der Waals surface area contributed by atoms with E-state index in [1.165, 1.54) is 46.8 Å². The van der Waals surface area contributed by atoms with Crippen LogP contribution < -0.4 is 0 Å². The Bertz CT molecular complexity index is 1720. The Morgan fingerprint density at radius 2 is 1.52 bits per heavy atom. The molecule has 0 aliphatic heterocycles. The van der Waals surface area contributed by atoms with Crippen LogP contribution in [0, 0.1) is 0 Å². The molecule has 0 radical (unpaired) electrons. The molecule has 0 bridgehead atoms. The molecule has 0 N–H and O–H groups in total. The number of pyridine rings is 1. The summed E-state index contributed by atoms with van der Waals surface area (Å²) in [6, 6.07) is 26.1. The quantitative estimate of drug-likeness (QED) is 0.272. The second-order valence-corrected chi connectivity index (χ2v) is 9.22. The summed E-state index contributed by atoms with van der Waals surface area (Å²) in [5.74, 6) is 0. The summed E-state index contributed by atoms with van der Waals surface area (Å²) in [6.45, 7) is 0.